The minimum absolute atomic E-state index is 0.0334. The molecule has 0 radical (unpaired) electrons. The number of hydrogen-bond acceptors (Lipinski definition) is 11. The standard InChI is InChI=1S/C56H65N5O10/c1-32(59-67)29-68-42-19-15-17-40-46(42)44(48(63)50(57)65)34(3)60(40)52(5,6)31-53(7,8)70-38-25-21-36(22-26-38)54(9,10)37-23-27-39(28-24-37)71-56(13,14)55(11,12)61-35(4)45(49(64)51(58)66)47-41(61)18-16-20-43(47)69-30-33(2)62/h15-28,62H,1-2,29-31H2,3-14H3,(H2,57,65)(H2,58,66). The molecule has 15 nitrogen and oxygen atoms in total. The topological polar surface area (TPSA) is 217 Å². The summed E-state index contributed by atoms with van der Waals surface area (Å²) in [6, 6.07) is 26.5. The van der Waals surface area contributed by atoms with Crippen LogP contribution in [0, 0.1) is 18.8 Å². The van der Waals surface area contributed by atoms with Crippen molar-refractivity contribution < 1.29 is 43.2 Å². The number of carbonyl (C=O) groups is 4. The number of ether oxygens (including phenoxy) is 4. The van der Waals surface area contributed by atoms with Crippen molar-refractivity contribution in [2.45, 2.75) is 117 Å². The molecule has 5 N–H and O–H groups in total. The third kappa shape index (κ3) is 10.2. The Morgan fingerprint density at radius 3 is 1.48 bits per heavy atom. The molecule has 0 aliphatic heterocycles. The Morgan fingerprint density at radius 2 is 1.04 bits per heavy atom. The van der Waals surface area contributed by atoms with Gasteiger partial charge in [0.2, 0.25) is 0 Å². The normalized spacial score (nSPS) is 12.4. The fraction of sp³-hybridized carbons (Fsp3) is 0.357. The Morgan fingerprint density at radius 1 is 0.620 bits per heavy atom. The summed E-state index contributed by atoms with van der Waals surface area (Å²) in [5.41, 5.74) is 12.1. The molecule has 15 heteroatoms. The lowest BCUT2D eigenvalue weighted by Gasteiger charge is -2.44. The van der Waals surface area contributed by atoms with Crippen molar-refractivity contribution in [3.63, 3.8) is 0 Å². The molecule has 0 aliphatic carbocycles. The van der Waals surface area contributed by atoms with Crippen LogP contribution in [0.2, 0.25) is 0 Å². The Kier molecular flexibility index (Phi) is 14.3. The maximum Gasteiger partial charge on any atom is 0.289 e. The number of Topliss-reactive ketones (excluding diaryl/α,β-unsaturated/α-hetero) is 2. The summed E-state index contributed by atoms with van der Waals surface area (Å²) in [5, 5.41) is 13.4. The molecular weight excluding hydrogens is 903 g/mol. The van der Waals surface area contributed by atoms with Crippen molar-refractivity contribution in [3.05, 3.63) is 148 Å². The molecule has 6 rings (SSSR count). The molecule has 0 atom stereocenters. The number of ketones is 2. The van der Waals surface area contributed by atoms with Gasteiger partial charge in [-0.05, 0) is 134 Å². The van der Waals surface area contributed by atoms with Crippen LogP contribution in [0.1, 0.15) is 119 Å². The Hall–Kier alpha value is -7.68. The van der Waals surface area contributed by atoms with Crippen molar-refractivity contribution in [1.29, 1.82) is 0 Å². The number of nitrogens with zero attached hydrogens (tertiary/aromatic N) is 3. The number of nitrogens with two attached hydrogens (primary N) is 2. The smallest absolute Gasteiger partial charge is 0.289 e. The number of aromatic nitrogens is 2. The van der Waals surface area contributed by atoms with E-state index in [4.69, 9.17) is 30.4 Å². The van der Waals surface area contributed by atoms with Crippen LogP contribution in [0.5, 0.6) is 23.0 Å². The molecule has 2 amide bonds. The molecule has 0 saturated heterocycles. The molecule has 0 bridgehead atoms. The van der Waals surface area contributed by atoms with Crippen LogP contribution >= 0.6 is 0 Å². The highest BCUT2D eigenvalue weighted by atomic mass is 16.5. The lowest BCUT2D eigenvalue weighted by atomic mass is 9.78. The molecule has 0 aliphatic rings. The summed E-state index contributed by atoms with van der Waals surface area (Å²) < 4.78 is 29.1. The van der Waals surface area contributed by atoms with Crippen LogP contribution in [0.4, 0.5) is 0 Å². The fourth-order valence-corrected chi connectivity index (χ4v) is 9.96. The Balaban J connectivity index is 1.21. The van der Waals surface area contributed by atoms with Crippen LogP contribution in [-0.4, -0.2) is 62.0 Å². The second-order valence-corrected chi connectivity index (χ2v) is 20.8. The van der Waals surface area contributed by atoms with Crippen molar-refractivity contribution in [2.24, 2.45) is 16.6 Å². The van der Waals surface area contributed by atoms with Gasteiger partial charge in [0, 0.05) is 28.8 Å². The first-order chi connectivity index (χ1) is 33.0. The number of aliphatic hydroxyl groups excluding tert-OH is 1. The molecule has 2 aromatic heterocycles. The molecule has 0 spiro atoms. The molecule has 0 saturated carbocycles. The Bertz CT molecular complexity index is 3110. The Labute approximate surface area is 414 Å². The van der Waals surface area contributed by atoms with E-state index in [1.807, 2.05) is 125 Å². The molecule has 0 unspecified atom stereocenters. The minimum atomic E-state index is -1.10. The summed E-state index contributed by atoms with van der Waals surface area (Å²) in [6.07, 6.45) is 0.469. The van der Waals surface area contributed by atoms with E-state index in [0.29, 0.717) is 56.9 Å². The number of fused-ring (bicyclic) bond motifs is 2. The highest BCUT2D eigenvalue weighted by Gasteiger charge is 2.44. The highest BCUT2D eigenvalue weighted by Crippen LogP contribution is 2.45. The predicted octanol–water partition coefficient (Wildman–Crippen LogP) is 10.6. The summed E-state index contributed by atoms with van der Waals surface area (Å²) in [7, 11) is 0. The van der Waals surface area contributed by atoms with E-state index in [1.165, 1.54) is 0 Å². The number of amides is 2. The van der Waals surface area contributed by atoms with Gasteiger partial charge in [-0.15, -0.1) is 4.91 Å². The lowest BCUT2D eigenvalue weighted by Crippen LogP contribution is -2.51. The van der Waals surface area contributed by atoms with E-state index in [1.54, 1.807) is 38.1 Å². The molecular formula is C56H65N5O10. The lowest BCUT2D eigenvalue weighted by molar-refractivity contribution is -0.114. The first-order valence-corrected chi connectivity index (χ1v) is 23.2. The van der Waals surface area contributed by atoms with Crippen molar-refractivity contribution in [1.82, 2.24) is 9.13 Å². The van der Waals surface area contributed by atoms with E-state index in [2.05, 4.69) is 32.2 Å². The van der Waals surface area contributed by atoms with Gasteiger partial charge in [-0.1, -0.05) is 63.4 Å². The van der Waals surface area contributed by atoms with Crippen LogP contribution in [0.3, 0.4) is 0 Å². The van der Waals surface area contributed by atoms with Crippen LogP contribution in [-0.2, 0) is 26.1 Å². The van der Waals surface area contributed by atoms with Gasteiger partial charge >= 0.3 is 0 Å². The SMILES string of the molecule is C=C(O)COc1cccc2c1c(C(=O)C(N)=O)c(C)n2C(C)(C)C(C)(C)Oc1ccc(C(C)(C)c2ccc(OC(C)(C)CC(C)(C)n3c(C)c(C(=O)C(N)=O)c4c(OCC(=C)N=O)cccc43)cc2)cc1. The number of aliphatic hydroxyl groups is 1. The van der Waals surface area contributed by atoms with Crippen LogP contribution in [0.25, 0.3) is 21.8 Å². The molecule has 0 fully saturated rings. The maximum atomic E-state index is 13.4. The van der Waals surface area contributed by atoms with Gasteiger partial charge in [-0.25, -0.2) is 0 Å². The number of rotatable bonds is 22. The van der Waals surface area contributed by atoms with E-state index >= 15 is 0 Å². The van der Waals surface area contributed by atoms with Gasteiger partial charge in [0.1, 0.15) is 58.9 Å². The van der Waals surface area contributed by atoms with Gasteiger partial charge < -0.3 is 44.7 Å². The van der Waals surface area contributed by atoms with E-state index in [0.717, 1.165) is 11.1 Å². The molecule has 6 aromatic rings. The predicted molar refractivity (Wildman–Crippen MR) is 276 cm³/mol. The number of carbonyl (C=O) groups excluding carboxylic acids is 4. The fourth-order valence-electron chi connectivity index (χ4n) is 9.96. The third-order valence-electron chi connectivity index (χ3n) is 13.6. The number of hydrogen-bond donors (Lipinski definition) is 3. The molecule has 4 aromatic carbocycles. The van der Waals surface area contributed by atoms with Crippen molar-refractivity contribution in [2.75, 3.05) is 13.2 Å². The van der Waals surface area contributed by atoms with Gasteiger partial charge in [0.05, 0.1) is 38.5 Å². The van der Waals surface area contributed by atoms with E-state index < -0.39 is 51.1 Å². The van der Waals surface area contributed by atoms with Gasteiger partial charge in [-0.3, -0.25) is 19.2 Å². The second-order valence-electron chi connectivity index (χ2n) is 20.8. The zero-order chi connectivity index (χ0) is 52.8. The largest absolute Gasteiger partial charge is 0.509 e. The summed E-state index contributed by atoms with van der Waals surface area (Å²) >= 11 is 0. The zero-order valence-corrected chi connectivity index (χ0v) is 42.7. The average molecular weight is 968 g/mol. The van der Waals surface area contributed by atoms with Gasteiger partial charge in [-0.2, -0.15) is 0 Å². The van der Waals surface area contributed by atoms with Gasteiger partial charge in [0.25, 0.3) is 23.4 Å². The number of benzene rings is 4. The first kappa shape index (κ1) is 52.7. The third-order valence-corrected chi connectivity index (χ3v) is 13.6. The summed E-state index contributed by atoms with van der Waals surface area (Å²) in [6.45, 7) is 30.4. The number of primary amides is 2. The first-order valence-electron chi connectivity index (χ1n) is 23.2. The molecule has 71 heavy (non-hydrogen) atoms. The quantitative estimate of drug-likeness (QED) is 0.0253. The van der Waals surface area contributed by atoms with Crippen molar-refractivity contribution in [3.8, 4) is 23.0 Å². The van der Waals surface area contributed by atoms with Crippen LogP contribution in [0.15, 0.2) is 115 Å². The molecule has 2 heterocycles. The number of nitroso groups, excluding NO2 is 1. The maximum absolute atomic E-state index is 13.4. The molecule has 374 valence electrons. The minimum Gasteiger partial charge on any atom is -0.509 e. The zero-order valence-electron chi connectivity index (χ0n) is 42.7. The van der Waals surface area contributed by atoms with E-state index in [9.17, 15) is 29.2 Å². The van der Waals surface area contributed by atoms with Crippen LogP contribution < -0.4 is 30.4 Å². The monoisotopic (exact) mass is 967 g/mol. The van der Waals surface area contributed by atoms with E-state index in [-0.39, 0.29) is 41.5 Å². The highest BCUT2D eigenvalue weighted by molar-refractivity contribution is 6.45. The summed E-state index contributed by atoms with van der Waals surface area (Å²) in [4.78, 5) is 62.4. The van der Waals surface area contributed by atoms with Gasteiger partial charge in [0.15, 0.2) is 0 Å². The second kappa shape index (κ2) is 19.3. The van der Waals surface area contributed by atoms with Crippen molar-refractivity contribution >= 4 is 45.2 Å². The summed E-state index contributed by atoms with van der Waals surface area (Å²) in [5.74, 6) is -2.27. The average Bonchev–Trinajstić information content (AvgIpc) is 3.77.